The molecule has 0 aromatic heterocycles. The Labute approximate surface area is 547 Å². The molecule has 0 unspecified atom stereocenters. The van der Waals surface area contributed by atoms with Crippen LogP contribution < -0.4 is 26.2 Å². The lowest BCUT2D eigenvalue weighted by Gasteiger charge is -2.46. The number of hydrogen-bond acceptors (Lipinski definition) is 2. The van der Waals surface area contributed by atoms with Crippen molar-refractivity contribution in [3.63, 3.8) is 0 Å². The molecule has 3 heteroatoms. The molecule has 0 spiro atoms. The van der Waals surface area contributed by atoms with Gasteiger partial charge in [0, 0.05) is 34.1 Å². The van der Waals surface area contributed by atoms with Gasteiger partial charge < -0.3 is 9.80 Å². The van der Waals surface area contributed by atoms with E-state index >= 15 is 0 Å². The molecule has 2 heterocycles. The van der Waals surface area contributed by atoms with E-state index in [9.17, 15) is 0 Å². The first-order chi connectivity index (χ1) is 44.1. The second-order valence-electron chi connectivity index (χ2n) is 30.2. The third kappa shape index (κ3) is 9.86. The Morgan fingerprint density at radius 3 is 0.891 bits per heavy atom. The van der Waals surface area contributed by atoms with E-state index in [1.165, 1.54) is 139 Å². The summed E-state index contributed by atoms with van der Waals surface area (Å²) in [5.41, 5.74) is 32.7. The van der Waals surface area contributed by atoms with Crippen molar-refractivity contribution in [1.82, 2.24) is 0 Å². The molecule has 450 valence electrons. The Kier molecular flexibility index (Phi) is 13.9. The van der Waals surface area contributed by atoms with E-state index in [0.29, 0.717) is 0 Å². The van der Waals surface area contributed by atoms with E-state index in [1.54, 1.807) is 0 Å². The lowest BCUT2D eigenvalue weighted by Crippen LogP contribution is -2.61. The lowest BCUT2D eigenvalue weighted by atomic mass is 9.33. The van der Waals surface area contributed by atoms with E-state index in [1.807, 2.05) is 0 Å². The molecule has 0 bridgehead atoms. The van der Waals surface area contributed by atoms with Crippen LogP contribution in [0.15, 0.2) is 273 Å². The van der Waals surface area contributed by atoms with Crippen molar-refractivity contribution in [2.24, 2.45) is 0 Å². The van der Waals surface area contributed by atoms with Gasteiger partial charge in [0.05, 0.1) is 5.41 Å². The molecule has 0 amide bonds. The summed E-state index contributed by atoms with van der Waals surface area (Å²) in [6, 6.07) is 105. The third-order valence-corrected chi connectivity index (χ3v) is 20.2. The topological polar surface area (TPSA) is 6.48 Å². The molecule has 1 aliphatic carbocycles. The second-order valence-corrected chi connectivity index (χ2v) is 30.2. The molecule has 12 aromatic rings. The second kappa shape index (κ2) is 21.7. The fourth-order valence-electron chi connectivity index (χ4n) is 15.1. The highest BCUT2D eigenvalue weighted by atomic mass is 15.2. The van der Waals surface area contributed by atoms with Gasteiger partial charge in [0.25, 0.3) is 6.71 Å². The Hall–Kier alpha value is -9.70. The minimum Gasteiger partial charge on any atom is -0.311 e. The van der Waals surface area contributed by atoms with Gasteiger partial charge in [-0.2, -0.15) is 0 Å². The zero-order valence-corrected chi connectivity index (χ0v) is 55.5. The van der Waals surface area contributed by atoms with Crippen LogP contribution in [0.3, 0.4) is 0 Å². The predicted molar refractivity (Wildman–Crippen MR) is 394 cm³/mol. The van der Waals surface area contributed by atoms with Crippen LogP contribution in [0.1, 0.15) is 128 Å². The zero-order chi connectivity index (χ0) is 63.6. The van der Waals surface area contributed by atoms with Crippen LogP contribution in [0, 0.1) is 0 Å². The maximum Gasteiger partial charge on any atom is 0.252 e. The van der Waals surface area contributed by atoms with Crippen LogP contribution in [0.4, 0.5) is 34.1 Å². The monoisotopic (exact) mass is 1190 g/mol. The molecule has 0 atom stereocenters. The van der Waals surface area contributed by atoms with Gasteiger partial charge in [0.1, 0.15) is 0 Å². The van der Waals surface area contributed by atoms with E-state index in [0.717, 1.165) is 11.4 Å². The molecule has 3 aliphatic rings. The van der Waals surface area contributed by atoms with Crippen LogP contribution in [0.25, 0.3) is 55.6 Å². The highest BCUT2D eigenvalue weighted by Gasteiger charge is 2.50. The maximum absolute atomic E-state index is 2.61. The van der Waals surface area contributed by atoms with Gasteiger partial charge in [-0.3, -0.25) is 0 Å². The summed E-state index contributed by atoms with van der Waals surface area (Å²) in [7, 11) is 0. The highest BCUT2D eigenvalue weighted by molar-refractivity contribution is 7.00. The molecule has 0 radical (unpaired) electrons. The molecule has 2 nitrogen and oxygen atoms in total. The van der Waals surface area contributed by atoms with E-state index in [2.05, 4.69) is 366 Å². The largest absolute Gasteiger partial charge is 0.311 e. The molecule has 92 heavy (non-hydrogen) atoms. The summed E-state index contributed by atoms with van der Waals surface area (Å²) in [4.78, 5) is 5.22. The minimum atomic E-state index is -0.689. The van der Waals surface area contributed by atoms with Gasteiger partial charge in [0.2, 0.25) is 0 Å². The maximum atomic E-state index is 2.61. The summed E-state index contributed by atoms with van der Waals surface area (Å²) in [6.07, 6.45) is 0. The molecule has 0 saturated carbocycles. The molecule has 0 saturated heterocycles. The fourth-order valence-corrected chi connectivity index (χ4v) is 15.1. The first-order valence-electron chi connectivity index (χ1n) is 33.1. The van der Waals surface area contributed by atoms with Gasteiger partial charge in [-0.15, -0.1) is 0 Å². The number of nitrogens with zero attached hydrogens (tertiary/aromatic N) is 2. The number of anilines is 6. The molecule has 2 aliphatic heterocycles. The molecule has 0 N–H and O–H groups in total. The SMILES string of the molecule is CC(C)(C)c1ccc(-c2ccc(N3c4ccc(-c5ccc(C(C)(C)C)cc5)cc4B4c5cc(-c6ccc(C(C)(C)C)cc6)ccc5N(c5ccc(-c6ccc(C(C)(C)C)cc6)cc5)c5cc(C6(c7ccccc7)c7ccccc7-c7ccccc76)cc3c54)cc2)cc1. The Morgan fingerprint density at radius 2 is 0.554 bits per heavy atom. The first-order valence-corrected chi connectivity index (χ1v) is 33.1. The molecule has 12 aromatic carbocycles. The van der Waals surface area contributed by atoms with Crippen molar-refractivity contribution in [2.45, 2.75) is 110 Å². The fraction of sp³-hybridized carbons (Fsp3) is 0.191. The lowest BCUT2D eigenvalue weighted by molar-refractivity contribution is 0.590. The molecule has 0 fully saturated rings. The van der Waals surface area contributed by atoms with Crippen molar-refractivity contribution in [2.75, 3.05) is 9.80 Å². The number of benzene rings is 12. The van der Waals surface area contributed by atoms with Crippen molar-refractivity contribution in [1.29, 1.82) is 0 Å². The summed E-state index contributed by atoms with van der Waals surface area (Å²) in [5.74, 6) is 0. The van der Waals surface area contributed by atoms with Crippen molar-refractivity contribution in [3.05, 3.63) is 317 Å². The summed E-state index contributed by atoms with van der Waals surface area (Å²) < 4.78 is 0. The van der Waals surface area contributed by atoms with E-state index in [4.69, 9.17) is 0 Å². The molecule has 15 rings (SSSR count). The van der Waals surface area contributed by atoms with Gasteiger partial charge in [-0.1, -0.05) is 308 Å². The smallest absolute Gasteiger partial charge is 0.252 e. The van der Waals surface area contributed by atoms with Gasteiger partial charge in [0.15, 0.2) is 0 Å². The number of fused-ring (bicyclic) bond motifs is 7. The third-order valence-electron chi connectivity index (χ3n) is 20.2. The first kappa shape index (κ1) is 58.7. The Bertz CT molecular complexity index is 4500. The van der Waals surface area contributed by atoms with Crippen molar-refractivity contribution < 1.29 is 0 Å². The Morgan fingerprint density at radius 1 is 0.261 bits per heavy atom. The van der Waals surface area contributed by atoms with Crippen molar-refractivity contribution >= 4 is 57.2 Å². The van der Waals surface area contributed by atoms with E-state index in [-0.39, 0.29) is 28.4 Å². The van der Waals surface area contributed by atoms with Crippen LogP contribution in [0.5, 0.6) is 0 Å². The predicted octanol–water partition coefficient (Wildman–Crippen LogP) is 22.0. The highest BCUT2D eigenvalue weighted by Crippen LogP contribution is 2.58. The normalized spacial score (nSPS) is 13.9. The average molecular weight is 1190 g/mol. The standard InChI is InChI=1S/C89H81BN2/c1-85(2,3)66-40-26-58(27-41-66)60-34-48-72(49-35-60)91-80-52-38-64(62-30-44-68(45-31-62)87(7,8)9)54-78(80)90-79-55-65(63-32-46-69(47-33-63)88(10,11)12)39-53-81(79)92(73-50-36-61(37-51-73)59-28-42-67(43-29-59)86(4,5)6)83-57-71(56-82(91)84(83)90)89(70-20-14-13-15-21-70)76-24-18-16-22-74(76)75-23-17-19-25-77(75)89/h13-57H,1-12H3. The summed E-state index contributed by atoms with van der Waals surface area (Å²) in [5, 5.41) is 0. The molecular formula is C89H81BN2. The number of hydrogen-bond donors (Lipinski definition) is 0. The summed E-state index contributed by atoms with van der Waals surface area (Å²) in [6.45, 7) is 27.4. The minimum absolute atomic E-state index is 0.0293. The quantitative estimate of drug-likeness (QED) is 0.140. The molecular weight excluding hydrogens is 1110 g/mol. The van der Waals surface area contributed by atoms with Gasteiger partial charge >= 0.3 is 0 Å². The van der Waals surface area contributed by atoms with Crippen LogP contribution >= 0.6 is 0 Å². The summed E-state index contributed by atoms with van der Waals surface area (Å²) >= 11 is 0. The van der Waals surface area contributed by atoms with Crippen LogP contribution in [-0.2, 0) is 27.1 Å². The zero-order valence-electron chi connectivity index (χ0n) is 55.5. The van der Waals surface area contributed by atoms with Crippen LogP contribution in [-0.4, -0.2) is 6.71 Å². The average Bonchev–Trinajstić information content (AvgIpc) is 1.12. The van der Waals surface area contributed by atoms with Crippen LogP contribution in [0.2, 0.25) is 0 Å². The Balaban J connectivity index is 1.04. The van der Waals surface area contributed by atoms with Crippen molar-refractivity contribution in [3.8, 4) is 55.6 Å². The number of rotatable bonds is 8. The van der Waals surface area contributed by atoms with Gasteiger partial charge in [-0.05, 0) is 187 Å². The van der Waals surface area contributed by atoms with E-state index < -0.39 is 5.41 Å². The van der Waals surface area contributed by atoms with Gasteiger partial charge in [-0.25, -0.2) is 0 Å².